The highest BCUT2D eigenvalue weighted by Gasteiger charge is 2.62. The summed E-state index contributed by atoms with van der Waals surface area (Å²) < 4.78 is 533. The van der Waals surface area contributed by atoms with Gasteiger partial charge in [0.15, 0.2) is 49.6 Å². The second-order valence-corrected chi connectivity index (χ2v) is 31.5. The van der Waals surface area contributed by atoms with E-state index in [9.17, 15) is 169 Å². The quantitative estimate of drug-likeness (QED) is 0.0262. The van der Waals surface area contributed by atoms with Gasteiger partial charge in [0.1, 0.15) is 67.1 Å². The van der Waals surface area contributed by atoms with Crippen molar-refractivity contribution in [3.05, 3.63) is 0 Å². The predicted octanol–water partition coefficient (Wildman–Crippen LogP) is -11.0. The van der Waals surface area contributed by atoms with Crippen molar-refractivity contribution in [3.63, 3.8) is 0 Å². The maximum absolute atomic E-state index is 12.7. The van der Waals surface area contributed by atoms with Gasteiger partial charge in [0.2, 0.25) is 0 Å². The average Bonchev–Trinajstić information content (AvgIpc) is 0.765. The molecule has 0 saturated carbocycles. The molecule has 4 aliphatic rings. The summed E-state index contributed by atoms with van der Waals surface area (Å²) in [5, 5.41) is 0. The minimum Gasteiger partial charge on any atom is -0.344 e. The zero-order valence-electron chi connectivity index (χ0n) is 44.6. The van der Waals surface area contributed by atoms with Crippen molar-refractivity contribution in [2.75, 3.05) is 19.8 Å². The van der Waals surface area contributed by atoms with Crippen LogP contribution in [0.3, 0.4) is 0 Å². The first-order valence-electron chi connectivity index (χ1n) is 22.5. The molecule has 72 heteroatoms. The Balaban J connectivity index is 2.08. The number of ether oxygens (including phenoxy) is 7. The molecule has 59 nitrogen and oxygen atoms in total. The lowest BCUT2D eigenvalue weighted by Crippen LogP contribution is -2.69. The highest BCUT2D eigenvalue weighted by atomic mass is 32.3. The summed E-state index contributed by atoms with van der Waals surface area (Å²) in [6.07, 6.45) is -69.3. The molecule has 0 radical (unpaired) electrons. The molecule has 570 valence electrons. The Morgan fingerprint density at radius 1 is 0.219 bits per heavy atom. The summed E-state index contributed by atoms with van der Waals surface area (Å²) in [5.41, 5.74) is 0. The van der Waals surface area contributed by atoms with Gasteiger partial charge in [0, 0.05) is 0 Å². The monoisotopic (exact) mass is 1690 g/mol. The molecule has 0 spiro atoms. The van der Waals surface area contributed by atoms with Crippen LogP contribution < -0.4 is 0 Å². The summed E-state index contributed by atoms with van der Waals surface area (Å²) >= 11 is 0. The lowest BCUT2D eigenvalue weighted by Gasteiger charge is -2.50. The van der Waals surface area contributed by atoms with E-state index in [2.05, 4.69) is 54.4 Å². The third-order valence-electron chi connectivity index (χ3n) is 10.8. The minimum absolute atomic E-state index is 0.364. The van der Waals surface area contributed by atoms with Gasteiger partial charge in [-0.05, 0) is 6.92 Å². The molecule has 4 heterocycles. The molecule has 0 aromatic rings. The Hall–Kier alpha value is -1.97. The van der Waals surface area contributed by atoms with E-state index in [0.717, 1.165) is 0 Å². The molecule has 4 rings (SSSR count). The van der Waals surface area contributed by atoms with Gasteiger partial charge >= 0.3 is 135 Å². The van der Waals surface area contributed by atoms with E-state index in [1.807, 2.05) is 0 Å². The first-order chi connectivity index (χ1) is 42.5. The molecule has 0 unspecified atom stereocenters. The third-order valence-corrected chi connectivity index (χ3v) is 16.8. The van der Waals surface area contributed by atoms with E-state index >= 15 is 0 Å². The molecule has 4 saturated heterocycles. The van der Waals surface area contributed by atoms with Gasteiger partial charge in [-0.2, -0.15) is 109 Å². The number of rotatable bonds is 35. The van der Waals surface area contributed by atoms with Gasteiger partial charge < -0.3 is 33.2 Å². The fourth-order valence-corrected chi connectivity index (χ4v) is 14.1. The molecule has 4 aliphatic heterocycles. The van der Waals surface area contributed by atoms with Crippen molar-refractivity contribution in [2.24, 2.45) is 0 Å². The molecular formula is C24H42O59S13. The zero-order chi connectivity index (χ0) is 74.3. The highest BCUT2D eigenvalue weighted by molar-refractivity contribution is 7.83. The average molecular weight is 1690 g/mol. The zero-order valence-corrected chi connectivity index (χ0v) is 55.2. The Labute approximate surface area is 537 Å². The lowest BCUT2D eigenvalue weighted by atomic mass is 9.96. The van der Waals surface area contributed by atoms with Crippen molar-refractivity contribution in [2.45, 2.75) is 130 Å². The SMILES string of the molecule is C[C@H]1O[C@H](O[C@H]2O[C@H](COS(=O)(=O)O)[C@@H](OS(=O)(=O)O)[C@H](OS(=O)(=O)O)[C@H]2OS(=O)(=O)O)[C@H](OS(=O)(=O)O)[C@@H](OS(=O)(=O)O)[C@@H]1O[C@@H]1O[C@H](COS(=O)(=O)O)[C@@H](O[C@H]2O[C@H](COS(=O)(=O)O)[C@@H](OS(=O)(=O)O)[C@H](OS(=O)(=O)O)[C@H]2OS(=O)(=O)O)[C@H](OS(=O)(=O)O)[C@H]1OS(=O)(=O)O. The lowest BCUT2D eigenvalue weighted by molar-refractivity contribution is -0.385. The highest BCUT2D eigenvalue weighted by Crippen LogP contribution is 2.41. The van der Waals surface area contributed by atoms with Crippen LogP contribution in [0.25, 0.3) is 0 Å². The second-order valence-electron chi connectivity index (χ2n) is 17.7. The van der Waals surface area contributed by atoms with Crippen LogP contribution in [0.15, 0.2) is 0 Å². The predicted molar refractivity (Wildman–Crippen MR) is 268 cm³/mol. The van der Waals surface area contributed by atoms with Crippen LogP contribution in [0.2, 0.25) is 0 Å². The van der Waals surface area contributed by atoms with Crippen molar-refractivity contribution in [3.8, 4) is 0 Å². The molecular weight excluding hydrogens is 1650 g/mol. The Morgan fingerprint density at radius 3 is 0.635 bits per heavy atom. The van der Waals surface area contributed by atoms with Crippen molar-refractivity contribution < 1.29 is 256 Å². The molecule has 20 atom stereocenters. The molecule has 96 heavy (non-hydrogen) atoms. The van der Waals surface area contributed by atoms with Crippen LogP contribution in [-0.4, -0.2) is 311 Å². The normalized spacial score (nSPS) is 33.4. The van der Waals surface area contributed by atoms with Crippen LogP contribution in [0.5, 0.6) is 0 Å². The first kappa shape index (κ1) is 86.4. The van der Waals surface area contributed by atoms with Crippen molar-refractivity contribution in [1.29, 1.82) is 0 Å². The molecule has 0 aromatic carbocycles. The van der Waals surface area contributed by atoms with E-state index in [-0.39, 0.29) is 0 Å². The summed E-state index contributed by atoms with van der Waals surface area (Å²) in [6.45, 7) is -6.14. The maximum atomic E-state index is 12.7. The van der Waals surface area contributed by atoms with Gasteiger partial charge in [-0.25, -0.2) is 54.4 Å². The topological polar surface area (TPSA) is 891 Å². The first-order valence-corrected chi connectivity index (χ1v) is 40.3. The summed E-state index contributed by atoms with van der Waals surface area (Å²) in [7, 11) is -82.6. The Morgan fingerprint density at radius 2 is 0.396 bits per heavy atom. The molecule has 13 N–H and O–H groups in total. The fourth-order valence-electron chi connectivity index (χ4n) is 8.19. The second kappa shape index (κ2) is 31.2. The molecule has 0 amide bonds. The Bertz CT molecular complexity index is 4300. The van der Waals surface area contributed by atoms with Crippen LogP contribution in [0.4, 0.5) is 0 Å². The third kappa shape index (κ3) is 30.5. The van der Waals surface area contributed by atoms with Crippen LogP contribution in [-0.2, 0) is 223 Å². The minimum atomic E-state index is -6.66. The molecule has 0 bridgehead atoms. The van der Waals surface area contributed by atoms with Crippen LogP contribution >= 0.6 is 0 Å². The maximum Gasteiger partial charge on any atom is 0.397 e. The van der Waals surface area contributed by atoms with Crippen LogP contribution in [0.1, 0.15) is 6.92 Å². The standard InChI is InChI=1S/C24H42O59S13/c1-5-9(13(76-89(40,41)42)17(80-93(52,53)54)21(67-5)73-24-20(83-96(61,62)63)16(79-92(49,50)51)12(75-88(37,38)39)8(70-24)4-66-86(31,32)33)71-22-18(81-94(55,56)57)14(77-90(43,44)45)10(6(68-22)2-64-84(25,26)27)72-23-19(82-95(58,59)60)15(78-91(46,47)48)11(74-87(34,35)36)7(69-23)3-65-85(28,29)30/h5-24H,2-4H2,1H3,(H,25,26,27)(H,28,29,30)(H,31,32,33)(H,34,35,36)(H,37,38,39)(H,40,41,42)(H,43,44,45)(H,46,47,48)(H,49,50,51)(H,52,53,54)(H,55,56,57)(H,58,59,60)(H,61,62,63)/t5-,6-,7-,8-,9-,10-,11-,12-,13+,14+,15+,16+,17-,18-,19-,20-,21-,22+,23-,24-/m1/s1. The Kier molecular flexibility index (Phi) is 28.1. The van der Waals surface area contributed by atoms with Crippen molar-refractivity contribution in [1.82, 2.24) is 0 Å². The van der Waals surface area contributed by atoms with E-state index in [4.69, 9.17) is 33.2 Å². The smallest absolute Gasteiger partial charge is 0.344 e. The van der Waals surface area contributed by atoms with Gasteiger partial charge in [-0.15, -0.1) is 0 Å². The number of hydrogen-bond acceptors (Lipinski definition) is 46. The van der Waals surface area contributed by atoms with Gasteiger partial charge in [-0.1, -0.05) is 0 Å². The van der Waals surface area contributed by atoms with Gasteiger partial charge in [0.05, 0.1) is 25.9 Å². The number of hydrogen-bond donors (Lipinski definition) is 13. The van der Waals surface area contributed by atoms with Gasteiger partial charge in [0.25, 0.3) is 0 Å². The molecule has 0 aromatic heterocycles. The largest absolute Gasteiger partial charge is 0.397 e. The van der Waals surface area contributed by atoms with E-state index in [1.54, 1.807) is 0 Å². The van der Waals surface area contributed by atoms with Crippen LogP contribution in [0, 0.1) is 0 Å². The van der Waals surface area contributed by atoms with E-state index < -0.39 is 278 Å². The van der Waals surface area contributed by atoms with Crippen molar-refractivity contribution >= 4 is 135 Å². The van der Waals surface area contributed by atoms with E-state index in [1.165, 1.54) is 0 Å². The van der Waals surface area contributed by atoms with Gasteiger partial charge in [-0.3, -0.25) is 59.2 Å². The van der Waals surface area contributed by atoms with E-state index in [0.29, 0.717) is 6.92 Å². The fraction of sp³-hybridized carbons (Fsp3) is 1.00. The summed E-state index contributed by atoms with van der Waals surface area (Å²) in [6, 6.07) is 0. The molecule has 0 aliphatic carbocycles. The summed E-state index contributed by atoms with van der Waals surface area (Å²) in [5.74, 6) is 0. The molecule has 4 fully saturated rings. The summed E-state index contributed by atoms with van der Waals surface area (Å²) in [4.78, 5) is 0.